The van der Waals surface area contributed by atoms with Crippen LogP contribution in [0.25, 0.3) is 0 Å². The van der Waals surface area contributed by atoms with Crippen LogP contribution in [0.5, 0.6) is 0 Å². The summed E-state index contributed by atoms with van der Waals surface area (Å²) in [5.41, 5.74) is 0. The Kier molecular flexibility index (Phi) is 31.6. The molecule has 0 aromatic heterocycles. The van der Waals surface area contributed by atoms with Crippen molar-refractivity contribution in [1.82, 2.24) is 21.3 Å². The first-order valence-corrected chi connectivity index (χ1v) is 22.2. The second-order valence-electron chi connectivity index (χ2n) is 16.2. The van der Waals surface area contributed by atoms with Crippen LogP contribution in [0.4, 0.5) is 0 Å². The summed E-state index contributed by atoms with van der Waals surface area (Å²) in [4.78, 5) is 119. The summed E-state index contributed by atoms with van der Waals surface area (Å²) in [5, 5.41) is 55.7. The summed E-state index contributed by atoms with van der Waals surface area (Å²) in [5.74, 6) is -10.1. The highest BCUT2D eigenvalue weighted by molar-refractivity contribution is 5.88. The first-order valence-electron chi connectivity index (χ1n) is 22.2. The first kappa shape index (κ1) is 56.9. The van der Waals surface area contributed by atoms with Crippen molar-refractivity contribution in [2.24, 2.45) is 5.92 Å². The van der Waals surface area contributed by atoms with Gasteiger partial charge in [0, 0.05) is 44.4 Å². The van der Waals surface area contributed by atoms with Crippen LogP contribution in [-0.2, 0) is 47.9 Å². The second kappa shape index (κ2) is 34.5. The number of amides is 4. The van der Waals surface area contributed by atoms with Crippen molar-refractivity contribution in [2.45, 2.75) is 205 Å². The molecule has 0 aromatic carbocycles. The van der Waals surface area contributed by atoms with Gasteiger partial charge < -0.3 is 46.8 Å². The van der Waals surface area contributed by atoms with E-state index in [1.54, 1.807) is 13.8 Å². The van der Waals surface area contributed by atoms with Gasteiger partial charge in [0.25, 0.3) is 0 Å². The minimum absolute atomic E-state index is 0.0881. The van der Waals surface area contributed by atoms with E-state index in [1.807, 2.05) is 0 Å². The van der Waals surface area contributed by atoms with E-state index in [0.717, 1.165) is 57.8 Å². The van der Waals surface area contributed by atoms with Crippen LogP contribution in [0.2, 0.25) is 0 Å². The number of rotatable bonds is 40. The van der Waals surface area contributed by atoms with Crippen LogP contribution in [0, 0.1) is 5.92 Å². The molecule has 2 unspecified atom stereocenters. The summed E-state index contributed by atoms with van der Waals surface area (Å²) in [6.45, 7) is 3.30. The van der Waals surface area contributed by atoms with Crippen molar-refractivity contribution in [1.29, 1.82) is 0 Å². The number of nitrogens with one attached hydrogen (secondary N) is 4. The van der Waals surface area contributed by atoms with Crippen LogP contribution in [0.3, 0.4) is 0 Å². The van der Waals surface area contributed by atoms with Crippen LogP contribution in [0.1, 0.15) is 181 Å². The highest BCUT2D eigenvalue weighted by Crippen LogP contribution is 2.15. The maximum Gasteiger partial charge on any atom is 0.326 e. The highest BCUT2D eigenvalue weighted by Gasteiger charge is 2.27. The molecule has 4 amide bonds. The van der Waals surface area contributed by atoms with Gasteiger partial charge in [0.2, 0.25) is 23.6 Å². The average molecular weight is 885 g/mol. The SMILES string of the molecule is CC(C)C(=O)CC[C@H](NC(=O)CCC(NC(=O)CCC(NC(=O)CC[C@@H](NC(=O)CCCCCCCCCCCCCCCCCCC(=O)O)C(=O)O)C(=O)O)C(=O)O)C(=O)O. The van der Waals surface area contributed by atoms with Gasteiger partial charge in [-0.2, -0.15) is 0 Å². The quantitative estimate of drug-likeness (QED) is 0.0376. The Hall–Kier alpha value is -5.10. The monoisotopic (exact) mass is 884 g/mol. The number of Topliss-reactive ketones (excluding diaryl/α,β-unsaturated/α-hetero) is 1. The molecule has 0 bridgehead atoms. The van der Waals surface area contributed by atoms with E-state index in [2.05, 4.69) is 21.3 Å². The van der Waals surface area contributed by atoms with Crippen molar-refractivity contribution in [3.63, 3.8) is 0 Å². The third kappa shape index (κ3) is 30.9. The Balaban J connectivity index is 4.45. The van der Waals surface area contributed by atoms with Crippen LogP contribution in [0.15, 0.2) is 0 Å². The number of hydrogen-bond donors (Lipinski definition) is 9. The Labute approximate surface area is 364 Å². The zero-order chi connectivity index (χ0) is 46.9. The molecule has 0 fully saturated rings. The lowest BCUT2D eigenvalue weighted by molar-refractivity contribution is -0.144. The molecule has 19 heteroatoms. The first-order chi connectivity index (χ1) is 29.3. The van der Waals surface area contributed by atoms with Crippen LogP contribution in [-0.4, -0.2) is 109 Å². The Bertz CT molecular complexity index is 1440. The molecule has 9 N–H and O–H groups in total. The zero-order valence-electron chi connectivity index (χ0n) is 36.6. The molecule has 0 spiro atoms. The molecular weight excluding hydrogens is 812 g/mol. The van der Waals surface area contributed by atoms with E-state index in [1.165, 1.54) is 38.5 Å². The number of aliphatic carboxylic acids is 5. The molecule has 62 heavy (non-hydrogen) atoms. The molecule has 0 aromatic rings. The molecule has 354 valence electrons. The number of carbonyl (C=O) groups excluding carboxylic acids is 5. The lowest BCUT2D eigenvalue weighted by Gasteiger charge is -2.18. The number of carboxylic acid groups (broad SMARTS) is 5. The number of hydrogen-bond acceptors (Lipinski definition) is 10. The summed E-state index contributed by atoms with van der Waals surface area (Å²) >= 11 is 0. The van der Waals surface area contributed by atoms with E-state index in [4.69, 9.17) is 5.11 Å². The van der Waals surface area contributed by atoms with Gasteiger partial charge in [-0.05, 0) is 38.5 Å². The van der Waals surface area contributed by atoms with E-state index in [9.17, 15) is 68.4 Å². The van der Waals surface area contributed by atoms with Gasteiger partial charge in [-0.25, -0.2) is 19.2 Å². The molecule has 0 aliphatic heterocycles. The zero-order valence-corrected chi connectivity index (χ0v) is 36.6. The molecule has 0 aliphatic carbocycles. The van der Waals surface area contributed by atoms with Gasteiger partial charge in [-0.3, -0.25) is 28.8 Å². The summed E-state index contributed by atoms with van der Waals surface area (Å²) in [6, 6.07) is -5.96. The summed E-state index contributed by atoms with van der Waals surface area (Å²) in [6.07, 6.45) is 14.3. The molecular formula is C43H72N4O15. The normalized spacial score (nSPS) is 13.0. The predicted molar refractivity (Wildman–Crippen MR) is 226 cm³/mol. The standard InChI is InChI=1S/C43H72N4O15/c1-29(2)34(48)25-21-30(40(55)56)45-36(50)27-23-32(42(59)60)47-38(52)28-24-33(43(61)62)46-37(51)26-22-31(41(57)58)44-35(49)19-17-15-13-11-9-7-5-3-4-6-8-10-12-14-16-18-20-39(53)54/h29-33H,3-28H2,1-2H3,(H,44,49)(H,45,50)(H,46,51)(H,47,52)(H,53,54)(H,55,56)(H,57,58)(H,59,60)(H,61,62)/t30-,31+,32?,33?/m0/s1. The number of ketones is 1. The van der Waals surface area contributed by atoms with Crippen molar-refractivity contribution < 1.29 is 73.5 Å². The number of carbonyl (C=O) groups is 10. The molecule has 0 heterocycles. The molecule has 0 radical (unpaired) electrons. The molecule has 0 aliphatic rings. The smallest absolute Gasteiger partial charge is 0.326 e. The van der Waals surface area contributed by atoms with Crippen molar-refractivity contribution >= 4 is 59.3 Å². The average Bonchev–Trinajstić information content (AvgIpc) is 3.19. The molecule has 0 saturated heterocycles. The molecule has 0 rings (SSSR count). The Morgan fingerprint density at radius 2 is 0.548 bits per heavy atom. The molecule has 0 saturated carbocycles. The fraction of sp³-hybridized carbons (Fsp3) is 0.767. The highest BCUT2D eigenvalue weighted by atomic mass is 16.4. The maximum absolute atomic E-state index is 12.6. The number of carboxylic acids is 5. The van der Waals surface area contributed by atoms with Crippen molar-refractivity contribution in [2.75, 3.05) is 0 Å². The minimum atomic E-state index is -1.59. The topological polar surface area (TPSA) is 320 Å². The fourth-order valence-electron chi connectivity index (χ4n) is 6.53. The van der Waals surface area contributed by atoms with E-state index in [0.29, 0.717) is 6.42 Å². The predicted octanol–water partition coefficient (Wildman–Crippen LogP) is 4.72. The van der Waals surface area contributed by atoms with Crippen molar-refractivity contribution in [3.8, 4) is 0 Å². The van der Waals surface area contributed by atoms with Gasteiger partial charge in [0.15, 0.2) is 0 Å². The largest absolute Gasteiger partial charge is 0.481 e. The van der Waals surface area contributed by atoms with E-state index < -0.39 is 110 Å². The van der Waals surface area contributed by atoms with E-state index >= 15 is 0 Å². The van der Waals surface area contributed by atoms with Gasteiger partial charge in [-0.1, -0.05) is 104 Å². The summed E-state index contributed by atoms with van der Waals surface area (Å²) < 4.78 is 0. The third-order valence-corrected chi connectivity index (χ3v) is 10.4. The Morgan fingerprint density at radius 3 is 0.790 bits per heavy atom. The lowest BCUT2D eigenvalue weighted by atomic mass is 10.0. The molecule has 19 nitrogen and oxygen atoms in total. The van der Waals surface area contributed by atoms with Gasteiger partial charge >= 0.3 is 29.8 Å². The maximum atomic E-state index is 12.6. The fourth-order valence-corrected chi connectivity index (χ4v) is 6.53. The number of unbranched alkanes of at least 4 members (excludes halogenated alkanes) is 15. The van der Waals surface area contributed by atoms with Crippen LogP contribution >= 0.6 is 0 Å². The minimum Gasteiger partial charge on any atom is -0.481 e. The summed E-state index contributed by atoms with van der Waals surface area (Å²) in [7, 11) is 0. The van der Waals surface area contributed by atoms with Gasteiger partial charge in [0.1, 0.15) is 30.0 Å². The Morgan fingerprint density at radius 1 is 0.323 bits per heavy atom. The second-order valence-corrected chi connectivity index (χ2v) is 16.2. The molecule has 4 atom stereocenters. The van der Waals surface area contributed by atoms with E-state index in [-0.39, 0.29) is 43.8 Å². The van der Waals surface area contributed by atoms with Gasteiger partial charge in [0.05, 0.1) is 0 Å². The van der Waals surface area contributed by atoms with Gasteiger partial charge in [-0.15, -0.1) is 0 Å². The third-order valence-electron chi connectivity index (χ3n) is 10.4. The van der Waals surface area contributed by atoms with Crippen molar-refractivity contribution in [3.05, 3.63) is 0 Å². The van der Waals surface area contributed by atoms with Crippen LogP contribution < -0.4 is 21.3 Å². The lowest BCUT2D eigenvalue weighted by Crippen LogP contribution is -2.45.